The van der Waals surface area contributed by atoms with Crippen molar-refractivity contribution in [3.63, 3.8) is 0 Å². The lowest BCUT2D eigenvalue weighted by atomic mass is 9.85. The Kier molecular flexibility index (Phi) is 8.46. The van der Waals surface area contributed by atoms with E-state index in [0.29, 0.717) is 0 Å². The van der Waals surface area contributed by atoms with Crippen molar-refractivity contribution < 1.29 is 4.42 Å². The molecule has 0 saturated heterocycles. The van der Waals surface area contributed by atoms with E-state index in [9.17, 15) is 0 Å². The van der Waals surface area contributed by atoms with Crippen LogP contribution in [0.25, 0.3) is 82.7 Å². The number of hydrogen-bond donors (Lipinski definition) is 0. The summed E-state index contributed by atoms with van der Waals surface area (Å²) in [4.78, 5) is 0. The van der Waals surface area contributed by atoms with E-state index in [2.05, 4.69) is 146 Å². The summed E-state index contributed by atoms with van der Waals surface area (Å²) in [7, 11) is 0. The van der Waals surface area contributed by atoms with Gasteiger partial charge in [0.1, 0.15) is 11.3 Å². The highest BCUT2D eigenvalue weighted by Gasteiger charge is 2.19. The molecule has 8 aromatic rings. The second kappa shape index (κ2) is 13.1. The largest absolute Gasteiger partial charge is 0.460 e. The summed E-state index contributed by atoms with van der Waals surface area (Å²) in [6, 6.07) is 48.9. The van der Waals surface area contributed by atoms with E-state index in [1.54, 1.807) is 0 Å². The topological polar surface area (TPSA) is 13.1 Å². The van der Waals surface area contributed by atoms with E-state index in [1.165, 1.54) is 76.6 Å². The Bertz CT molecular complexity index is 2340. The van der Waals surface area contributed by atoms with E-state index in [-0.39, 0.29) is 0 Å². The smallest absolute Gasteiger partial charge is 0.134 e. The van der Waals surface area contributed by atoms with Crippen molar-refractivity contribution >= 4 is 49.4 Å². The molecule has 0 radical (unpaired) electrons. The first kappa shape index (κ1) is 30.3. The van der Waals surface area contributed by atoms with Crippen LogP contribution < -0.4 is 0 Å². The van der Waals surface area contributed by atoms with Crippen LogP contribution >= 0.6 is 0 Å². The van der Waals surface area contributed by atoms with Gasteiger partial charge < -0.3 is 4.42 Å². The van der Waals surface area contributed by atoms with Gasteiger partial charge in [-0.1, -0.05) is 149 Å². The predicted octanol–water partition coefficient (Wildman–Crippen LogP) is 13.9. The zero-order valence-corrected chi connectivity index (χ0v) is 27.7. The van der Waals surface area contributed by atoms with Crippen LogP contribution in [0, 0.1) is 0 Å². The first-order valence-corrected chi connectivity index (χ1v) is 17.1. The van der Waals surface area contributed by atoms with Crippen LogP contribution in [0.4, 0.5) is 0 Å². The summed E-state index contributed by atoms with van der Waals surface area (Å²) in [5.41, 5.74) is 9.67. The molecule has 47 heavy (non-hydrogen) atoms. The van der Waals surface area contributed by atoms with Crippen LogP contribution in [0.2, 0.25) is 0 Å². The molecule has 0 fully saturated rings. The molecule has 0 aliphatic heterocycles. The van der Waals surface area contributed by atoms with E-state index in [4.69, 9.17) is 4.42 Å². The summed E-state index contributed by atoms with van der Waals surface area (Å²) in [6.07, 6.45) is 6.50. The average molecular weight is 609 g/mol. The predicted molar refractivity (Wildman–Crippen MR) is 205 cm³/mol. The monoisotopic (exact) mass is 608 g/mol. The van der Waals surface area contributed by atoms with Crippen LogP contribution in [0.1, 0.15) is 45.4 Å². The third kappa shape index (κ3) is 5.32. The van der Waals surface area contributed by atoms with Gasteiger partial charge in [-0.25, -0.2) is 0 Å². The van der Waals surface area contributed by atoms with Crippen molar-refractivity contribution in [2.24, 2.45) is 0 Å². The van der Waals surface area contributed by atoms with Gasteiger partial charge in [-0.3, -0.25) is 0 Å². The molecular formula is C46H40O. The van der Waals surface area contributed by atoms with Gasteiger partial charge in [-0.2, -0.15) is 0 Å². The number of fused-ring (bicyclic) bond motifs is 6. The first-order valence-electron chi connectivity index (χ1n) is 17.1. The molecule has 0 bridgehead atoms. The molecule has 1 heterocycles. The minimum atomic E-state index is 0.967. The van der Waals surface area contributed by atoms with Crippen molar-refractivity contribution in [3.05, 3.63) is 151 Å². The summed E-state index contributed by atoms with van der Waals surface area (Å²) >= 11 is 0. The van der Waals surface area contributed by atoms with Crippen LogP contribution in [-0.2, 0) is 6.42 Å². The Morgan fingerprint density at radius 2 is 1.00 bits per heavy atom. The number of allylic oxidation sites excluding steroid dienone is 1. The van der Waals surface area contributed by atoms with E-state index < -0.39 is 0 Å². The maximum Gasteiger partial charge on any atom is 0.134 e. The summed E-state index contributed by atoms with van der Waals surface area (Å²) in [5.74, 6) is 1.10. The van der Waals surface area contributed by atoms with Crippen LogP contribution in [-0.4, -0.2) is 0 Å². The summed E-state index contributed by atoms with van der Waals surface area (Å²) < 4.78 is 6.25. The van der Waals surface area contributed by atoms with Crippen molar-refractivity contribution in [3.8, 4) is 33.4 Å². The number of rotatable bonds is 3. The molecule has 1 aliphatic carbocycles. The highest BCUT2D eigenvalue weighted by molar-refractivity contribution is 6.22. The maximum absolute atomic E-state index is 6.25. The van der Waals surface area contributed by atoms with Gasteiger partial charge >= 0.3 is 0 Å². The van der Waals surface area contributed by atoms with Gasteiger partial charge in [-0.05, 0) is 96.4 Å². The number of furan rings is 1. The van der Waals surface area contributed by atoms with Gasteiger partial charge in [0.2, 0.25) is 0 Å². The van der Waals surface area contributed by atoms with Crippen LogP contribution in [0.5, 0.6) is 0 Å². The average Bonchev–Trinajstić information content (AvgIpc) is 3.53. The molecule has 1 nitrogen and oxygen atoms in total. The molecule has 1 aromatic heterocycles. The fourth-order valence-electron chi connectivity index (χ4n) is 7.08. The molecule has 0 spiro atoms. The van der Waals surface area contributed by atoms with Crippen LogP contribution in [0.3, 0.4) is 0 Å². The highest BCUT2D eigenvalue weighted by Crippen LogP contribution is 2.45. The molecule has 230 valence electrons. The quantitative estimate of drug-likeness (QED) is 0.182. The Morgan fingerprint density at radius 1 is 0.447 bits per heavy atom. The molecule has 7 aromatic carbocycles. The molecule has 0 amide bonds. The third-order valence-electron chi connectivity index (χ3n) is 9.08. The lowest BCUT2D eigenvalue weighted by molar-refractivity contribution is 0.546. The lowest BCUT2D eigenvalue weighted by Crippen LogP contribution is -1.91. The van der Waals surface area contributed by atoms with Gasteiger partial charge in [0.25, 0.3) is 0 Å². The highest BCUT2D eigenvalue weighted by atomic mass is 16.3. The van der Waals surface area contributed by atoms with Crippen molar-refractivity contribution in [2.75, 3.05) is 0 Å². The zero-order valence-electron chi connectivity index (χ0n) is 27.7. The fraction of sp³-hybridized carbons (Fsp3) is 0.130. The molecule has 0 saturated carbocycles. The van der Waals surface area contributed by atoms with E-state index >= 15 is 0 Å². The second-order valence-electron chi connectivity index (χ2n) is 11.6. The lowest BCUT2D eigenvalue weighted by Gasteiger charge is -2.18. The summed E-state index contributed by atoms with van der Waals surface area (Å²) in [6.45, 7) is 8.00. The van der Waals surface area contributed by atoms with E-state index in [1.807, 2.05) is 27.7 Å². The molecule has 0 N–H and O–H groups in total. The number of hydrogen-bond acceptors (Lipinski definition) is 1. The second-order valence-corrected chi connectivity index (χ2v) is 11.6. The molecular weight excluding hydrogens is 569 g/mol. The molecule has 9 rings (SSSR count). The normalized spacial score (nSPS) is 12.0. The van der Waals surface area contributed by atoms with Gasteiger partial charge in [0.15, 0.2) is 0 Å². The molecule has 1 heteroatoms. The third-order valence-corrected chi connectivity index (χ3v) is 9.08. The van der Waals surface area contributed by atoms with Crippen molar-refractivity contribution in [1.29, 1.82) is 0 Å². The Morgan fingerprint density at radius 3 is 1.68 bits per heavy atom. The maximum atomic E-state index is 6.25. The van der Waals surface area contributed by atoms with Gasteiger partial charge in [0.05, 0.1) is 0 Å². The van der Waals surface area contributed by atoms with Gasteiger partial charge in [0, 0.05) is 17.4 Å². The molecule has 1 aliphatic rings. The van der Waals surface area contributed by atoms with Gasteiger partial charge in [-0.15, -0.1) is 0 Å². The minimum Gasteiger partial charge on any atom is -0.460 e. The van der Waals surface area contributed by atoms with Crippen LogP contribution in [0.15, 0.2) is 144 Å². The summed E-state index contributed by atoms with van der Waals surface area (Å²) in [5, 5.41) is 8.78. The zero-order chi connectivity index (χ0) is 32.3. The standard InChI is InChI=1S/C42H28O.2C2H6/c1-2-11-28-24-30(21-20-27(28)10-1)29-12-9-13-31(25-29)41-34-15-3-5-17-36(34)42(37-18-6-4-16-35(37)41)32-22-23-40-38(26-32)33-14-7-8-19-39(33)43-40;2*1-2/h1-7,9-18,20-26H,8,19H2;2*1-2H3. The number of benzene rings is 7. The van der Waals surface area contributed by atoms with Crippen molar-refractivity contribution in [1.82, 2.24) is 0 Å². The molecule has 0 unspecified atom stereocenters. The Labute approximate surface area is 277 Å². The van der Waals surface area contributed by atoms with Crippen molar-refractivity contribution in [2.45, 2.75) is 40.5 Å². The Hall–Kier alpha value is -5.40. The van der Waals surface area contributed by atoms with E-state index in [0.717, 1.165) is 24.2 Å². The fourth-order valence-corrected chi connectivity index (χ4v) is 7.08. The minimum absolute atomic E-state index is 0.967. The number of aryl methyl sites for hydroxylation is 1. The Balaban J connectivity index is 0.000000848. The first-order chi connectivity index (χ1) is 23.3. The molecule has 0 atom stereocenters. The SMILES string of the molecule is C1=Cc2c(oc3ccc(-c4c5ccccc5c(-c5cccc(-c6ccc7ccccc7c6)c5)c5ccccc45)cc23)CC1.CC.CC.